The van der Waals surface area contributed by atoms with Gasteiger partial charge in [0.15, 0.2) is 0 Å². The van der Waals surface area contributed by atoms with Crippen LogP contribution >= 0.6 is 0 Å². The van der Waals surface area contributed by atoms with Crippen LogP contribution in [0.25, 0.3) is 0 Å². The molecule has 27 heavy (non-hydrogen) atoms. The Morgan fingerprint density at radius 3 is 2.67 bits per heavy atom. The molecule has 2 heterocycles. The highest BCUT2D eigenvalue weighted by Gasteiger charge is 2.22. The van der Waals surface area contributed by atoms with Crippen LogP contribution < -0.4 is 10.6 Å². The molecule has 1 aliphatic rings. The number of halogens is 1. The minimum Gasteiger partial charge on any atom is -0.468 e. The van der Waals surface area contributed by atoms with Crippen LogP contribution in [0.3, 0.4) is 0 Å². The second-order valence-corrected chi connectivity index (χ2v) is 6.93. The lowest BCUT2D eigenvalue weighted by Gasteiger charge is -2.31. The summed E-state index contributed by atoms with van der Waals surface area (Å²) in [6, 6.07) is 8.17. The number of furan rings is 1. The third-order valence-corrected chi connectivity index (χ3v) is 4.85. The molecule has 2 amide bonds. The first-order valence-corrected chi connectivity index (χ1v) is 9.11. The van der Waals surface area contributed by atoms with Gasteiger partial charge >= 0.3 is 11.8 Å². The van der Waals surface area contributed by atoms with Gasteiger partial charge in [-0.15, -0.1) is 0 Å². The highest BCUT2D eigenvalue weighted by Crippen LogP contribution is 2.18. The highest BCUT2D eigenvalue weighted by atomic mass is 19.1. The molecule has 0 saturated carbocycles. The molecule has 3 rings (SSSR count). The predicted octanol–water partition coefficient (Wildman–Crippen LogP) is 2.69. The quantitative estimate of drug-likeness (QED) is 0.791. The molecular weight excluding hydrogens is 349 g/mol. The van der Waals surface area contributed by atoms with Gasteiger partial charge in [-0.1, -0.05) is 6.07 Å². The summed E-state index contributed by atoms with van der Waals surface area (Å²) in [6.07, 6.45) is 3.57. The maximum Gasteiger partial charge on any atom is 0.313 e. The molecule has 7 heteroatoms. The number of rotatable bonds is 5. The number of hydrogen-bond acceptors (Lipinski definition) is 4. The number of piperidine rings is 1. The first kappa shape index (κ1) is 19.1. The molecule has 0 aliphatic carbocycles. The summed E-state index contributed by atoms with van der Waals surface area (Å²) in [5.74, 6) is -0.616. The van der Waals surface area contributed by atoms with Crippen molar-refractivity contribution < 1.29 is 18.4 Å². The van der Waals surface area contributed by atoms with Gasteiger partial charge in [0.05, 0.1) is 12.8 Å². The Morgan fingerprint density at radius 2 is 2.00 bits per heavy atom. The van der Waals surface area contributed by atoms with E-state index >= 15 is 0 Å². The lowest BCUT2D eigenvalue weighted by atomic mass is 9.96. The van der Waals surface area contributed by atoms with Crippen LogP contribution in [0, 0.1) is 18.7 Å². The van der Waals surface area contributed by atoms with E-state index in [0.29, 0.717) is 18.0 Å². The molecule has 1 saturated heterocycles. The zero-order valence-electron chi connectivity index (χ0n) is 15.3. The number of anilines is 1. The van der Waals surface area contributed by atoms with E-state index < -0.39 is 17.6 Å². The molecule has 2 aromatic rings. The van der Waals surface area contributed by atoms with Crippen molar-refractivity contribution in [1.29, 1.82) is 0 Å². The van der Waals surface area contributed by atoms with E-state index in [0.717, 1.165) is 38.2 Å². The fraction of sp³-hybridized carbons (Fsp3) is 0.400. The van der Waals surface area contributed by atoms with Gasteiger partial charge in [0.2, 0.25) is 0 Å². The molecule has 2 N–H and O–H groups in total. The number of amides is 2. The Bertz CT molecular complexity index is 784. The zero-order chi connectivity index (χ0) is 19.2. The average molecular weight is 373 g/mol. The molecule has 1 fully saturated rings. The second-order valence-electron chi connectivity index (χ2n) is 6.93. The maximum atomic E-state index is 13.5. The summed E-state index contributed by atoms with van der Waals surface area (Å²) in [4.78, 5) is 26.2. The van der Waals surface area contributed by atoms with E-state index in [1.807, 2.05) is 12.1 Å². The number of carbonyl (C=O) groups excluding carboxylic acids is 2. The van der Waals surface area contributed by atoms with E-state index in [1.165, 1.54) is 6.07 Å². The molecule has 0 radical (unpaired) electrons. The van der Waals surface area contributed by atoms with Crippen molar-refractivity contribution in [2.45, 2.75) is 26.3 Å². The molecule has 0 unspecified atom stereocenters. The summed E-state index contributed by atoms with van der Waals surface area (Å²) >= 11 is 0. The van der Waals surface area contributed by atoms with Crippen LogP contribution in [0.5, 0.6) is 0 Å². The van der Waals surface area contributed by atoms with Gasteiger partial charge in [0.25, 0.3) is 0 Å². The Balaban J connectivity index is 1.38. The van der Waals surface area contributed by atoms with E-state index in [2.05, 4.69) is 15.5 Å². The molecule has 1 aliphatic heterocycles. The molecule has 1 aromatic carbocycles. The Kier molecular flexibility index (Phi) is 6.24. The predicted molar refractivity (Wildman–Crippen MR) is 99.5 cm³/mol. The van der Waals surface area contributed by atoms with Crippen molar-refractivity contribution in [2.24, 2.45) is 5.92 Å². The smallest absolute Gasteiger partial charge is 0.313 e. The Morgan fingerprint density at radius 1 is 1.22 bits per heavy atom. The minimum atomic E-state index is -0.784. The van der Waals surface area contributed by atoms with Crippen LogP contribution in [-0.2, 0) is 16.1 Å². The Hall–Kier alpha value is -2.67. The molecule has 144 valence electrons. The van der Waals surface area contributed by atoms with Gasteiger partial charge in [-0.25, -0.2) is 4.39 Å². The molecule has 6 nitrogen and oxygen atoms in total. The molecule has 0 spiro atoms. The normalized spacial score (nSPS) is 15.5. The summed E-state index contributed by atoms with van der Waals surface area (Å²) < 4.78 is 18.9. The van der Waals surface area contributed by atoms with Crippen molar-refractivity contribution in [3.63, 3.8) is 0 Å². The summed E-state index contributed by atoms with van der Waals surface area (Å²) in [6.45, 7) is 4.74. The first-order valence-electron chi connectivity index (χ1n) is 9.11. The van der Waals surface area contributed by atoms with Gasteiger partial charge in [0.1, 0.15) is 11.6 Å². The van der Waals surface area contributed by atoms with Crippen LogP contribution in [0.2, 0.25) is 0 Å². The molecule has 0 bridgehead atoms. The Labute approximate surface area is 157 Å². The number of carbonyl (C=O) groups is 2. The standard InChI is InChI=1S/C20H24FN3O3/c1-14-4-5-16(11-18(14)21)23-20(26)19(25)22-12-15-6-8-24(9-7-15)13-17-3-2-10-27-17/h2-5,10-11,15H,6-9,12-13H2,1H3,(H,22,25)(H,23,26). The van der Waals surface area contributed by atoms with E-state index in [1.54, 1.807) is 25.3 Å². The third-order valence-electron chi connectivity index (χ3n) is 4.85. The van der Waals surface area contributed by atoms with Crippen molar-refractivity contribution >= 4 is 17.5 Å². The largest absolute Gasteiger partial charge is 0.468 e. The van der Waals surface area contributed by atoms with Gasteiger partial charge in [-0.3, -0.25) is 14.5 Å². The summed E-state index contributed by atoms with van der Waals surface area (Å²) in [7, 11) is 0. The topological polar surface area (TPSA) is 74.6 Å². The van der Waals surface area contributed by atoms with E-state index in [4.69, 9.17) is 4.42 Å². The van der Waals surface area contributed by atoms with Crippen molar-refractivity contribution in [2.75, 3.05) is 25.0 Å². The fourth-order valence-corrected chi connectivity index (χ4v) is 3.15. The van der Waals surface area contributed by atoms with Gasteiger partial charge in [-0.2, -0.15) is 0 Å². The van der Waals surface area contributed by atoms with Crippen LogP contribution in [0.1, 0.15) is 24.2 Å². The van der Waals surface area contributed by atoms with Gasteiger partial charge < -0.3 is 15.1 Å². The number of nitrogens with one attached hydrogen (secondary N) is 2. The average Bonchev–Trinajstić information content (AvgIpc) is 3.17. The lowest BCUT2D eigenvalue weighted by molar-refractivity contribution is -0.136. The fourth-order valence-electron chi connectivity index (χ4n) is 3.15. The maximum absolute atomic E-state index is 13.5. The SMILES string of the molecule is Cc1ccc(NC(=O)C(=O)NCC2CCN(Cc3ccco3)CC2)cc1F. The van der Waals surface area contributed by atoms with Gasteiger partial charge in [0, 0.05) is 12.2 Å². The zero-order valence-corrected chi connectivity index (χ0v) is 15.3. The van der Waals surface area contributed by atoms with Gasteiger partial charge in [-0.05, 0) is 68.6 Å². The molecule has 1 aromatic heterocycles. The number of hydrogen-bond donors (Lipinski definition) is 2. The third kappa shape index (κ3) is 5.40. The summed E-state index contributed by atoms with van der Waals surface area (Å²) in [5.41, 5.74) is 0.750. The lowest BCUT2D eigenvalue weighted by Crippen LogP contribution is -2.41. The second kappa shape index (κ2) is 8.81. The number of benzene rings is 1. The van der Waals surface area contributed by atoms with Crippen molar-refractivity contribution in [3.05, 3.63) is 53.7 Å². The minimum absolute atomic E-state index is 0.268. The van der Waals surface area contributed by atoms with Crippen LogP contribution in [0.15, 0.2) is 41.0 Å². The number of likely N-dealkylation sites (tertiary alicyclic amines) is 1. The number of nitrogens with zero attached hydrogens (tertiary/aromatic N) is 1. The summed E-state index contributed by atoms with van der Waals surface area (Å²) in [5, 5.41) is 5.10. The van der Waals surface area contributed by atoms with E-state index in [9.17, 15) is 14.0 Å². The van der Waals surface area contributed by atoms with Crippen LogP contribution in [-0.4, -0.2) is 36.3 Å². The molecular formula is C20H24FN3O3. The van der Waals surface area contributed by atoms with Crippen LogP contribution in [0.4, 0.5) is 10.1 Å². The monoisotopic (exact) mass is 373 g/mol. The first-order chi connectivity index (χ1) is 13.0. The number of aryl methyl sites for hydroxylation is 1. The van der Waals surface area contributed by atoms with Crippen molar-refractivity contribution in [1.82, 2.24) is 10.2 Å². The highest BCUT2D eigenvalue weighted by molar-refractivity contribution is 6.39. The van der Waals surface area contributed by atoms with Crippen molar-refractivity contribution in [3.8, 4) is 0 Å². The van der Waals surface area contributed by atoms with E-state index in [-0.39, 0.29) is 5.69 Å². The molecule has 0 atom stereocenters.